The van der Waals surface area contributed by atoms with Crippen molar-refractivity contribution in [3.63, 3.8) is 0 Å². The third-order valence-corrected chi connectivity index (χ3v) is 11.7. The van der Waals surface area contributed by atoms with E-state index in [0.29, 0.717) is 30.4 Å². The van der Waals surface area contributed by atoms with Gasteiger partial charge in [-0.25, -0.2) is 4.79 Å². The molecule has 0 bridgehead atoms. The third-order valence-electron chi connectivity index (χ3n) is 11.3. The molecule has 2 aromatic rings. The van der Waals surface area contributed by atoms with Crippen LogP contribution in [0.15, 0.2) is 48.5 Å². The number of nitrogens with one attached hydrogen (secondary N) is 6. The van der Waals surface area contributed by atoms with Crippen LogP contribution < -0.4 is 37.6 Å². The predicted octanol–water partition coefficient (Wildman–Crippen LogP) is -1.32. The summed E-state index contributed by atoms with van der Waals surface area (Å²) >= 11 is 4.10. The van der Waals surface area contributed by atoms with E-state index in [0.717, 1.165) is 0 Å². The molecule has 23 heteroatoms. The number of likely N-dealkylation sites (tertiary alicyclic amines) is 1. The second-order valence-corrected chi connectivity index (χ2v) is 17.5. The number of aliphatic hydroxyl groups is 1. The summed E-state index contributed by atoms with van der Waals surface area (Å²) in [5.74, 6) is -9.96. The SMILES string of the molecule is CC[C@H](C)[C@H](NC(=O)[C@H](Cc1ccc(O)cc1)NC(=O)[C@H](CC(C)C)NC(=O)[C@@H]1CCCN1C(=O)[C@@H](N)CS)C(=O)N[C@@H](CO)C(=O)N[C@@H](Cc1ccc(O)cc1)C(=O)N[C@@H](CC(=O)O)C(=O)O. The Kier molecular flexibility index (Phi) is 22.0. The minimum absolute atomic E-state index is 0.0592. The van der Waals surface area contributed by atoms with Crippen LogP contribution in [0.4, 0.5) is 0 Å². The molecule has 0 radical (unpaired) electrons. The molecule has 0 aliphatic carbocycles. The first-order valence-electron chi connectivity index (χ1n) is 22.2. The molecule has 7 amide bonds. The number of carbonyl (C=O) groups excluding carboxylic acids is 7. The number of nitrogens with zero attached hydrogens (tertiary/aromatic N) is 1. The van der Waals surface area contributed by atoms with Crippen LogP contribution >= 0.6 is 12.6 Å². The largest absolute Gasteiger partial charge is 0.508 e. The van der Waals surface area contributed by atoms with Gasteiger partial charge in [-0.1, -0.05) is 58.4 Å². The van der Waals surface area contributed by atoms with Gasteiger partial charge in [-0.3, -0.25) is 38.4 Å². The minimum Gasteiger partial charge on any atom is -0.508 e. The van der Waals surface area contributed by atoms with Gasteiger partial charge in [-0.05, 0) is 66.5 Å². The topological polar surface area (TPSA) is 356 Å². The van der Waals surface area contributed by atoms with Gasteiger partial charge in [0.25, 0.3) is 0 Å². The summed E-state index contributed by atoms with van der Waals surface area (Å²) in [4.78, 5) is 121. The van der Waals surface area contributed by atoms with Crippen molar-refractivity contribution in [2.45, 2.75) is 121 Å². The molecular formula is C45H64N8O14S. The normalized spacial score (nSPS) is 16.9. The number of aliphatic hydroxyl groups excluding tert-OH is 1. The van der Waals surface area contributed by atoms with Gasteiger partial charge < -0.3 is 68.1 Å². The quantitative estimate of drug-likeness (QED) is 0.0487. The molecule has 374 valence electrons. The van der Waals surface area contributed by atoms with Crippen molar-refractivity contribution < 1.29 is 68.7 Å². The summed E-state index contributed by atoms with van der Waals surface area (Å²) in [5.41, 5.74) is 6.77. The molecule has 22 nitrogen and oxygen atoms in total. The molecule has 1 heterocycles. The van der Waals surface area contributed by atoms with Crippen molar-refractivity contribution in [3.8, 4) is 11.5 Å². The average Bonchev–Trinajstić information content (AvgIpc) is 3.79. The van der Waals surface area contributed by atoms with Gasteiger partial charge in [0.1, 0.15) is 53.8 Å². The van der Waals surface area contributed by atoms with Crippen LogP contribution in [-0.4, -0.2) is 151 Å². The lowest BCUT2D eigenvalue weighted by molar-refractivity contribution is -0.147. The molecule has 68 heavy (non-hydrogen) atoms. The van der Waals surface area contributed by atoms with Gasteiger partial charge in [-0.15, -0.1) is 0 Å². The zero-order chi connectivity index (χ0) is 50.8. The van der Waals surface area contributed by atoms with Crippen molar-refractivity contribution >= 4 is 65.9 Å². The number of phenols is 2. The number of benzene rings is 2. The molecule has 0 saturated carbocycles. The van der Waals surface area contributed by atoms with Gasteiger partial charge in [0, 0.05) is 25.1 Å². The fourth-order valence-corrected chi connectivity index (χ4v) is 7.48. The van der Waals surface area contributed by atoms with E-state index < -0.39 is 121 Å². The summed E-state index contributed by atoms with van der Waals surface area (Å²) in [6.07, 6.45) is -0.196. The lowest BCUT2D eigenvalue weighted by atomic mass is 9.96. The van der Waals surface area contributed by atoms with Crippen molar-refractivity contribution in [3.05, 3.63) is 59.7 Å². The number of carboxylic acids is 2. The average molecular weight is 973 g/mol. The number of aromatic hydroxyl groups is 2. The van der Waals surface area contributed by atoms with Crippen molar-refractivity contribution in [2.24, 2.45) is 17.6 Å². The van der Waals surface area contributed by atoms with Gasteiger partial charge >= 0.3 is 11.9 Å². The zero-order valence-electron chi connectivity index (χ0n) is 38.3. The lowest BCUT2D eigenvalue weighted by Gasteiger charge is -2.30. The molecule has 0 aromatic heterocycles. The first-order chi connectivity index (χ1) is 32.1. The Balaban J connectivity index is 1.88. The number of rotatable bonds is 26. The molecule has 1 aliphatic rings. The highest BCUT2D eigenvalue weighted by atomic mass is 32.1. The number of hydrogen-bond acceptors (Lipinski definition) is 14. The van der Waals surface area contributed by atoms with Gasteiger partial charge in [0.05, 0.1) is 19.1 Å². The highest BCUT2D eigenvalue weighted by Crippen LogP contribution is 2.20. The maximum atomic E-state index is 14.3. The van der Waals surface area contributed by atoms with Crippen molar-refractivity contribution in [2.75, 3.05) is 18.9 Å². The number of phenolic OH excluding ortho intramolecular Hbond substituents is 2. The summed E-state index contributed by atoms with van der Waals surface area (Å²) in [6.45, 7) is 6.23. The molecule has 0 unspecified atom stereocenters. The van der Waals surface area contributed by atoms with Crippen LogP contribution in [0.2, 0.25) is 0 Å². The van der Waals surface area contributed by atoms with Crippen LogP contribution in [0, 0.1) is 11.8 Å². The molecular weight excluding hydrogens is 909 g/mol. The van der Waals surface area contributed by atoms with Crippen LogP contribution in [0.3, 0.4) is 0 Å². The van der Waals surface area contributed by atoms with E-state index in [1.54, 1.807) is 13.8 Å². The van der Waals surface area contributed by atoms with E-state index in [9.17, 15) is 68.7 Å². The molecule has 13 N–H and O–H groups in total. The van der Waals surface area contributed by atoms with E-state index in [2.05, 4.69) is 44.5 Å². The van der Waals surface area contributed by atoms with E-state index in [1.165, 1.54) is 53.4 Å². The van der Waals surface area contributed by atoms with Gasteiger partial charge in [0.15, 0.2) is 0 Å². The number of nitrogens with two attached hydrogens (primary N) is 1. The Bertz CT molecular complexity index is 2090. The van der Waals surface area contributed by atoms with Crippen molar-refractivity contribution in [1.29, 1.82) is 0 Å². The Hall–Kier alpha value is -6.46. The van der Waals surface area contributed by atoms with Crippen LogP contribution in [0.5, 0.6) is 11.5 Å². The molecule has 1 saturated heterocycles. The summed E-state index contributed by atoms with van der Waals surface area (Å²) in [7, 11) is 0. The highest BCUT2D eigenvalue weighted by Gasteiger charge is 2.39. The predicted molar refractivity (Wildman–Crippen MR) is 248 cm³/mol. The summed E-state index contributed by atoms with van der Waals surface area (Å²) in [5, 5.41) is 63.6. The van der Waals surface area contributed by atoms with Crippen LogP contribution in [0.25, 0.3) is 0 Å². The van der Waals surface area contributed by atoms with Crippen LogP contribution in [-0.2, 0) is 56.0 Å². The maximum absolute atomic E-state index is 14.3. The smallest absolute Gasteiger partial charge is 0.326 e. The van der Waals surface area contributed by atoms with Gasteiger partial charge in [0.2, 0.25) is 41.4 Å². The monoisotopic (exact) mass is 972 g/mol. The fraction of sp³-hybridized carbons (Fsp3) is 0.533. The van der Waals surface area contributed by atoms with E-state index >= 15 is 0 Å². The number of thiol groups is 1. The maximum Gasteiger partial charge on any atom is 0.326 e. The van der Waals surface area contributed by atoms with Crippen molar-refractivity contribution in [1.82, 2.24) is 36.8 Å². The van der Waals surface area contributed by atoms with Gasteiger partial charge in [-0.2, -0.15) is 12.6 Å². The molecule has 9 atom stereocenters. The van der Waals surface area contributed by atoms with Crippen LogP contribution in [0.1, 0.15) is 70.9 Å². The second kappa shape index (κ2) is 26.8. The summed E-state index contributed by atoms with van der Waals surface area (Å²) in [6, 6.07) is 0.104. The Morgan fingerprint density at radius 3 is 1.62 bits per heavy atom. The number of carbonyl (C=O) groups is 9. The van der Waals surface area contributed by atoms with E-state index in [-0.39, 0.29) is 49.0 Å². The molecule has 2 aromatic carbocycles. The molecule has 3 rings (SSSR count). The Labute approximate surface area is 399 Å². The first kappa shape index (κ1) is 55.9. The third kappa shape index (κ3) is 17.0. The first-order valence-corrected chi connectivity index (χ1v) is 22.8. The second-order valence-electron chi connectivity index (χ2n) is 17.1. The number of carboxylic acid groups (broad SMARTS) is 2. The Morgan fingerprint density at radius 1 is 0.691 bits per heavy atom. The Morgan fingerprint density at radius 2 is 1.16 bits per heavy atom. The fourth-order valence-electron chi connectivity index (χ4n) is 7.32. The molecule has 0 spiro atoms. The zero-order valence-corrected chi connectivity index (χ0v) is 39.2. The number of aliphatic carboxylic acids is 2. The lowest BCUT2D eigenvalue weighted by Crippen LogP contribution is -2.62. The number of amides is 7. The standard InChI is InChI=1S/C45H64N8O14S/c1-5-24(4)37(43(64)51-34(21-54)41(62)48-31(18-25-8-12-27(55)13-9-25)39(60)50-33(45(66)67)20-36(57)58)52-40(61)32(19-26-10-14-28(56)15-11-26)47-38(59)30(17-23(2)3)49-42(63)35-7-6-16-53(35)44(65)29(46)22-68/h8-15,23-24,29-35,37,54-56,68H,5-7,16-22,46H2,1-4H3,(H,47,59)(H,48,62)(H,49,63)(H,50,60)(H,51,64)(H,52,61)(H,57,58)(H,66,67)/t24-,29-,30-,31-,32-,33-,34-,35-,37-/m0/s1. The summed E-state index contributed by atoms with van der Waals surface area (Å²) < 4.78 is 0. The number of hydrogen-bond donors (Lipinski definition) is 13. The van der Waals surface area contributed by atoms with E-state index in [4.69, 9.17) is 5.73 Å². The highest BCUT2D eigenvalue weighted by molar-refractivity contribution is 7.80. The minimum atomic E-state index is -1.89. The van der Waals surface area contributed by atoms with E-state index in [1.807, 2.05) is 13.8 Å². The molecule has 1 fully saturated rings. The molecule has 1 aliphatic heterocycles.